The summed E-state index contributed by atoms with van der Waals surface area (Å²) < 4.78 is 0. The van der Waals surface area contributed by atoms with Gasteiger partial charge in [0.25, 0.3) is 0 Å². The van der Waals surface area contributed by atoms with Crippen molar-refractivity contribution in [2.75, 3.05) is 4.90 Å². The molecule has 1 nitrogen and oxygen atoms in total. The number of nitrogens with zero attached hydrogens (tertiary/aromatic N) is 1. The Bertz CT molecular complexity index is 3250. The molecule has 58 heavy (non-hydrogen) atoms. The SMILES string of the molecule is CC1(C)c2cc(N(c3ccccc3)c3ccc4c5c(ccc4c3)-c3ccc4ccccc4c3C5(C)C)ccc2-c2cc3c(cc21)-c1c(ccc2ccccc12)C3(C)C. The van der Waals surface area contributed by atoms with E-state index in [0.29, 0.717) is 0 Å². The Morgan fingerprint density at radius 3 is 1.59 bits per heavy atom. The van der Waals surface area contributed by atoms with Crippen molar-refractivity contribution in [1.29, 1.82) is 0 Å². The summed E-state index contributed by atoms with van der Waals surface area (Å²) in [7, 11) is 0. The Morgan fingerprint density at radius 2 is 0.828 bits per heavy atom. The van der Waals surface area contributed by atoms with Gasteiger partial charge in [0.05, 0.1) is 0 Å². The molecule has 0 aromatic heterocycles. The van der Waals surface area contributed by atoms with Crippen LogP contribution in [-0.2, 0) is 16.2 Å². The van der Waals surface area contributed by atoms with Crippen LogP contribution in [0, 0.1) is 0 Å². The van der Waals surface area contributed by atoms with E-state index in [-0.39, 0.29) is 16.2 Å². The second kappa shape index (κ2) is 11.4. The van der Waals surface area contributed by atoms with E-state index in [1.165, 1.54) is 105 Å². The standard InChI is InChI=1S/C57H45N/c1-55(2)48-29-22-34-14-10-12-18-40(34)52(48)47-33-50-46(32-51(47)55)43-28-24-39(31-49(43)56(50,3)4)58(37-16-8-7-9-17-37)38-23-27-42-36(30-38)21-26-45-44-25-20-35-15-11-13-19-41(35)53(44)57(5,6)54(42)45/h7-33H,1-6H3. The molecule has 3 aliphatic rings. The maximum Gasteiger partial charge on any atom is 0.0468 e. The number of rotatable bonds is 3. The van der Waals surface area contributed by atoms with Crippen molar-refractivity contribution in [3.63, 3.8) is 0 Å². The van der Waals surface area contributed by atoms with Crippen molar-refractivity contribution in [2.24, 2.45) is 0 Å². The lowest BCUT2D eigenvalue weighted by Crippen LogP contribution is -2.17. The summed E-state index contributed by atoms with van der Waals surface area (Å²) in [5.74, 6) is 0. The van der Waals surface area contributed by atoms with Gasteiger partial charge in [-0.25, -0.2) is 0 Å². The van der Waals surface area contributed by atoms with Crippen LogP contribution in [0.2, 0.25) is 0 Å². The van der Waals surface area contributed by atoms with Crippen molar-refractivity contribution < 1.29 is 0 Å². The van der Waals surface area contributed by atoms with E-state index in [0.717, 1.165) is 11.4 Å². The van der Waals surface area contributed by atoms with Gasteiger partial charge in [0.2, 0.25) is 0 Å². The third-order valence-electron chi connectivity index (χ3n) is 14.3. The molecule has 0 saturated carbocycles. The van der Waals surface area contributed by atoms with Gasteiger partial charge in [-0.3, -0.25) is 0 Å². The maximum absolute atomic E-state index is 2.55. The molecule has 0 radical (unpaired) electrons. The van der Waals surface area contributed by atoms with Crippen LogP contribution in [0.5, 0.6) is 0 Å². The number of para-hydroxylation sites is 1. The predicted molar refractivity (Wildman–Crippen MR) is 246 cm³/mol. The smallest absolute Gasteiger partial charge is 0.0468 e. The molecule has 0 bridgehead atoms. The Labute approximate surface area is 341 Å². The Hall–Kier alpha value is -6.44. The molecule has 0 unspecified atom stereocenters. The number of hydrogen-bond acceptors (Lipinski definition) is 1. The number of anilines is 3. The van der Waals surface area contributed by atoms with Crippen LogP contribution in [0.15, 0.2) is 164 Å². The summed E-state index contributed by atoms with van der Waals surface area (Å²) in [6.45, 7) is 14.5. The third kappa shape index (κ3) is 4.32. The first-order valence-corrected chi connectivity index (χ1v) is 20.8. The molecular formula is C57H45N. The van der Waals surface area contributed by atoms with Crippen molar-refractivity contribution >= 4 is 49.4 Å². The molecule has 1 heteroatoms. The Balaban J connectivity index is 0.996. The van der Waals surface area contributed by atoms with Crippen LogP contribution in [0.3, 0.4) is 0 Å². The summed E-state index contributed by atoms with van der Waals surface area (Å²) in [6, 6.07) is 62.0. The minimum absolute atomic E-state index is 0.0807. The molecule has 0 heterocycles. The fourth-order valence-corrected chi connectivity index (χ4v) is 11.5. The molecule has 0 amide bonds. The first-order valence-electron chi connectivity index (χ1n) is 20.8. The van der Waals surface area contributed by atoms with Gasteiger partial charge in [-0.1, -0.05) is 157 Å². The normalized spacial score (nSPS) is 15.8. The van der Waals surface area contributed by atoms with Gasteiger partial charge < -0.3 is 4.90 Å². The lowest BCUT2D eigenvalue weighted by molar-refractivity contribution is 0.652. The quantitative estimate of drug-likeness (QED) is 0.174. The monoisotopic (exact) mass is 743 g/mol. The average molecular weight is 744 g/mol. The third-order valence-corrected chi connectivity index (χ3v) is 14.3. The van der Waals surface area contributed by atoms with Gasteiger partial charge in [-0.05, 0) is 148 Å². The largest absolute Gasteiger partial charge is 0.310 e. The van der Waals surface area contributed by atoms with Gasteiger partial charge >= 0.3 is 0 Å². The summed E-state index contributed by atoms with van der Waals surface area (Å²) in [5, 5.41) is 7.91. The van der Waals surface area contributed by atoms with Gasteiger partial charge in [-0.2, -0.15) is 0 Å². The lowest BCUT2D eigenvalue weighted by Gasteiger charge is -2.29. The Kier molecular flexibility index (Phi) is 6.60. The molecule has 0 aliphatic heterocycles. The Morgan fingerprint density at radius 1 is 0.310 bits per heavy atom. The highest BCUT2D eigenvalue weighted by Crippen LogP contribution is 2.58. The molecule has 0 N–H and O–H groups in total. The maximum atomic E-state index is 2.55. The van der Waals surface area contributed by atoms with E-state index in [1.54, 1.807) is 0 Å². The zero-order valence-electron chi connectivity index (χ0n) is 34.0. The zero-order valence-corrected chi connectivity index (χ0v) is 34.0. The first kappa shape index (κ1) is 33.7. The van der Waals surface area contributed by atoms with Crippen molar-refractivity contribution in [1.82, 2.24) is 0 Å². The molecular weight excluding hydrogens is 699 g/mol. The molecule has 0 saturated heterocycles. The molecule has 9 aromatic rings. The number of fused-ring (bicyclic) bond motifs is 15. The van der Waals surface area contributed by atoms with Gasteiger partial charge in [0.15, 0.2) is 0 Å². The highest BCUT2D eigenvalue weighted by molar-refractivity contribution is 6.06. The van der Waals surface area contributed by atoms with E-state index >= 15 is 0 Å². The summed E-state index contributed by atoms with van der Waals surface area (Å²) in [6.07, 6.45) is 0. The van der Waals surface area contributed by atoms with E-state index < -0.39 is 0 Å². The van der Waals surface area contributed by atoms with Crippen LogP contribution in [0.4, 0.5) is 17.1 Å². The summed E-state index contributed by atoms with van der Waals surface area (Å²) >= 11 is 0. The number of hydrogen-bond donors (Lipinski definition) is 0. The van der Waals surface area contributed by atoms with Gasteiger partial charge in [-0.15, -0.1) is 0 Å². The van der Waals surface area contributed by atoms with Crippen molar-refractivity contribution in [3.05, 3.63) is 197 Å². The van der Waals surface area contributed by atoms with Crippen molar-refractivity contribution in [2.45, 2.75) is 57.8 Å². The molecule has 0 spiro atoms. The second-order valence-corrected chi connectivity index (χ2v) is 18.5. The summed E-state index contributed by atoms with van der Waals surface area (Å²) in [4.78, 5) is 2.45. The van der Waals surface area contributed by atoms with E-state index in [2.05, 4.69) is 210 Å². The van der Waals surface area contributed by atoms with Crippen LogP contribution >= 0.6 is 0 Å². The van der Waals surface area contributed by atoms with E-state index in [9.17, 15) is 0 Å². The van der Waals surface area contributed by atoms with Gasteiger partial charge in [0, 0.05) is 33.3 Å². The van der Waals surface area contributed by atoms with Crippen LogP contribution < -0.4 is 4.90 Å². The molecule has 9 aromatic carbocycles. The predicted octanol–water partition coefficient (Wildman–Crippen LogP) is 15.5. The molecule has 3 aliphatic carbocycles. The van der Waals surface area contributed by atoms with Crippen molar-refractivity contribution in [3.8, 4) is 33.4 Å². The minimum Gasteiger partial charge on any atom is -0.310 e. The highest BCUT2D eigenvalue weighted by Gasteiger charge is 2.43. The topological polar surface area (TPSA) is 3.24 Å². The fourth-order valence-electron chi connectivity index (χ4n) is 11.5. The number of benzene rings is 9. The van der Waals surface area contributed by atoms with Crippen LogP contribution in [-0.4, -0.2) is 0 Å². The van der Waals surface area contributed by atoms with E-state index in [1.807, 2.05) is 0 Å². The molecule has 0 atom stereocenters. The highest BCUT2D eigenvalue weighted by atomic mass is 15.1. The fraction of sp³-hybridized carbons (Fsp3) is 0.158. The van der Waals surface area contributed by atoms with Crippen LogP contribution in [0.1, 0.15) is 74.9 Å². The second-order valence-electron chi connectivity index (χ2n) is 18.5. The van der Waals surface area contributed by atoms with Crippen LogP contribution in [0.25, 0.3) is 65.7 Å². The molecule has 12 rings (SSSR count). The minimum atomic E-state index is -0.176. The molecule has 0 fully saturated rings. The van der Waals surface area contributed by atoms with E-state index in [4.69, 9.17) is 0 Å². The van der Waals surface area contributed by atoms with Gasteiger partial charge in [0.1, 0.15) is 0 Å². The summed E-state index contributed by atoms with van der Waals surface area (Å²) in [5.41, 5.74) is 19.9. The zero-order chi connectivity index (χ0) is 39.3. The first-order chi connectivity index (χ1) is 28.0. The lowest BCUT2D eigenvalue weighted by atomic mass is 9.78. The average Bonchev–Trinajstić information content (AvgIpc) is 3.72. The molecule has 278 valence electrons.